The number of benzene rings is 4. The fourth-order valence-corrected chi connectivity index (χ4v) is 4.68. The highest BCUT2D eigenvalue weighted by Gasteiger charge is 2.31. The van der Waals surface area contributed by atoms with Crippen LogP contribution in [0.1, 0.15) is 33.7 Å². The van der Waals surface area contributed by atoms with Crippen LogP contribution in [0.4, 0.5) is 0 Å². The third kappa shape index (κ3) is 6.41. The Balaban J connectivity index is 1.38. The van der Waals surface area contributed by atoms with Crippen molar-refractivity contribution in [1.29, 1.82) is 5.26 Å². The number of allylic oxidation sites excluding steroid dienone is 1. The van der Waals surface area contributed by atoms with Gasteiger partial charge in [0, 0.05) is 22.7 Å². The van der Waals surface area contributed by atoms with E-state index < -0.39 is 11.9 Å². The van der Waals surface area contributed by atoms with E-state index in [1.54, 1.807) is 55.7 Å². The average Bonchev–Trinajstić information content (AvgIpc) is 2.99. The molecule has 1 aliphatic heterocycles. The maximum atomic E-state index is 12.5. The summed E-state index contributed by atoms with van der Waals surface area (Å²) in [6.45, 7) is 2.41. The first kappa shape index (κ1) is 28.3. The predicted octanol–water partition coefficient (Wildman–Crippen LogP) is 7.07. The maximum Gasteiger partial charge on any atom is 0.336 e. The van der Waals surface area contributed by atoms with Crippen molar-refractivity contribution < 1.29 is 23.7 Å². The normalized spacial score (nSPS) is 14.1. The van der Waals surface area contributed by atoms with Gasteiger partial charge in [-0.3, -0.25) is 0 Å². The van der Waals surface area contributed by atoms with Gasteiger partial charge in [-0.1, -0.05) is 65.7 Å². The zero-order chi connectivity index (χ0) is 29.6. The van der Waals surface area contributed by atoms with E-state index in [1.807, 2.05) is 49.4 Å². The number of halogens is 1. The lowest BCUT2D eigenvalue weighted by Crippen LogP contribution is -2.21. The van der Waals surface area contributed by atoms with Gasteiger partial charge in [0.15, 0.2) is 11.5 Å². The quantitative estimate of drug-likeness (QED) is 0.135. The molecule has 1 atom stereocenters. The highest BCUT2D eigenvalue weighted by Crippen LogP contribution is 2.45. The highest BCUT2D eigenvalue weighted by atomic mass is 35.5. The molecule has 210 valence electrons. The summed E-state index contributed by atoms with van der Waals surface area (Å²) in [5.41, 5.74) is 10.9. The van der Waals surface area contributed by atoms with E-state index in [0.29, 0.717) is 34.4 Å². The summed E-state index contributed by atoms with van der Waals surface area (Å²) in [6.07, 6.45) is 2.95. The number of esters is 1. The molecule has 7 nitrogen and oxygen atoms in total. The molecule has 0 fully saturated rings. The molecule has 5 rings (SSSR count). The van der Waals surface area contributed by atoms with Gasteiger partial charge in [-0.15, -0.1) is 0 Å². The molecule has 0 amide bonds. The Morgan fingerprint density at radius 3 is 2.50 bits per heavy atom. The van der Waals surface area contributed by atoms with Gasteiger partial charge >= 0.3 is 5.97 Å². The number of fused-ring (bicyclic) bond motifs is 1. The van der Waals surface area contributed by atoms with Crippen LogP contribution in [0.5, 0.6) is 23.0 Å². The lowest BCUT2D eigenvalue weighted by atomic mass is 9.83. The molecular formula is C34H27ClN2O5. The number of carbonyl (C=O) groups is 1. The van der Waals surface area contributed by atoms with Crippen LogP contribution in [0.25, 0.3) is 6.08 Å². The summed E-state index contributed by atoms with van der Waals surface area (Å²) in [6, 6.07) is 27.8. The molecule has 2 N–H and O–H groups in total. The molecular weight excluding hydrogens is 552 g/mol. The van der Waals surface area contributed by atoms with Gasteiger partial charge < -0.3 is 24.7 Å². The first-order valence-corrected chi connectivity index (χ1v) is 13.5. The fraction of sp³-hybridized carbons (Fsp3) is 0.118. The number of aryl methyl sites for hydroxylation is 1. The molecule has 4 aromatic carbocycles. The fourth-order valence-electron chi connectivity index (χ4n) is 4.56. The van der Waals surface area contributed by atoms with Crippen LogP contribution in [0.15, 0.2) is 102 Å². The highest BCUT2D eigenvalue weighted by molar-refractivity contribution is 6.30. The minimum absolute atomic E-state index is 0.0280. The third-order valence-corrected chi connectivity index (χ3v) is 6.98. The van der Waals surface area contributed by atoms with Crippen LogP contribution >= 0.6 is 11.6 Å². The molecule has 0 aliphatic carbocycles. The zero-order valence-corrected chi connectivity index (χ0v) is 23.7. The van der Waals surface area contributed by atoms with E-state index in [1.165, 1.54) is 11.6 Å². The summed E-state index contributed by atoms with van der Waals surface area (Å²) >= 11 is 5.91. The molecule has 0 radical (unpaired) electrons. The van der Waals surface area contributed by atoms with Crippen molar-refractivity contribution in [3.63, 3.8) is 0 Å². The number of methoxy groups -OCH3 is 1. The van der Waals surface area contributed by atoms with Crippen LogP contribution in [0, 0.1) is 18.3 Å². The summed E-state index contributed by atoms with van der Waals surface area (Å²) in [7, 11) is 1.56. The molecule has 4 aromatic rings. The van der Waals surface area contributed by atoms with E-state index in [-0.39, 0.29) is 17.2 Å². The lowest BCUT2D eigenvalue weighted by Gasteiger charge is -2.27. The van der Waals surface area contributed by atoms with E-state index >= 15 is 0 Å². The second kappa shape index (κ2) is 12.5. The molecule has 42 heavy (non-hydrogen) atoms. The number of hydrogen-bond acceptors (Lipinski definition) is 7. The minimum Gasteiger partial charge on any atom is -0.493 e. The molecule has 0 saturated carbocycles. The first-order chi connectivity index (χ1) is 20.3. The molecule has 0 bridgehead atoms. The van der Waals surface area contributed by atoms with E-state index in [4.69, 9.17) is 36.3 Å². The van der Waals surface area contributed by atoms with Crippen molar-refractivity contribution in [3.05, 3.63) is 135 Å². The van der Waals surface area contributed by atoms with Crippen LogP contribution in [0.3, 0.4) is 0 Å². The lowest BCUT2D eigenvalue weighted by molar-refractivity contribution is -0.128. The van der Waals surface area contributed by atoms with Gasteiger partial charge in [0.2, 0.25) is 5.88 Å². The van der Waals surface area contributed by atoms with Gasteiger partial charge in [-0.2, -0.15) is 5.26 Å². The minimum atomic E-state index is -0.565. The number of carbonyl (C=O) groups excluding carboxylic acids is 1. The second-order valence-electron chi connectivity index (χ2n) is 9.61. The Hall–Kier alpha value is -5.19. The number of nitrogens with zero attached hydrogens (tertiary/aromatic N) is 1. The molecule has 1 aliphatic rings. The van der Waals surface area contributed by atoms with Gasteiger partial charge in [0.05, 0.1) is 13.0 Å². The molecule has 0 saturated heterocycles. The molecule has 0 aromatic heterocycles. The van der Waals surface area contributed by atoms with E-state index in [9.17, 15) is 10.1 Å². The number of nitrogens with two attached hydrogens (primary N) is 1. The van der Waals surface area contributed by atoms with Gasteiger partial charge in [-0.05, 0) is 60.0 Å². The van der Waals surface area contributed by atoms with E-state index in [2.05, 4.69) is 6.07 Å². The standard InChI is InChI=1S/C34H27ClN2O5/c1-21-3-5-23(6-4-21)20-40-29-15-10-24(17-31(29)39-2)33-27-14-13-26(18-30(27)42-34(37)28(33)19-36)41-32(38)16-9-22-7-11-25(35)12-8-22/h3-18,33H,20,37H2,1-2H3/b16-9+. The SMILES string of the molecule is COc1cc(C2C(C#N)=C(N)Oc3cc(OC(=O)/C=C/c4ccc(Cl)cc4)ccc32)ccc1OCc1ccc(C)cc1. The van der Waals surface area contributed by atoms with Crippen molar-refractivity contribution in [1.82, 2.24) is 0 Å². The van der Waals surface area contributed by atoms with Crippen molar-refractivity contribution in [3.8, 4) is 29.1 Å². The Labute approximate surface area is 249 Å². The van der Waals surface area contributed by atoms with Crippen LogP contribution in [0.2, 0.25) is 5.02 Å². The summed E-state index contributed by atoms with van der Waals surface area (Å²) in [5.74, 6) is 0.601. The van der Waals surface area contributed by atoms with Crippen molar-refractivity contribution >= 4 is 23.6 Å². The largest absolute Gasteiger partial charge is 0.493 e. The van der Waals surface area contributed by atoms with Gasteiger partial charge in [0.1, 0.15) is 29.7 Å². The molecule has 8 heteroatoms. The Kier molecular flexibility index (Phi) is 8.47. The maximum absolute atomic E-state index is 12.5. The Morgan fingerprint density at radius 1 is 1.02 bits per heavy atom. The first-order valence-electron chi connectivity index (χ1n) is 13.1. The molecule has 1 unspecified atom stereocenters. The molecule has 0 spiro atoms. The van der Waals surface area contributed by atoms with Gasteiger partial charge in [-0.25, -0.2) is 4.79 Å². The van der Waals surface area contributed by atoms with Crippen molar-refractivity contribution in [2.24, 2.45) is 5.73 Å². The van der Waals surface area contributed by atoms with Gasteiger partial charge in [0.25, 0.3) is 0 Å². The van der Waals surface area contributed by atoms with Crippen LogP contribution in [-0.4, -0.2) is 13.1 Å². The Bertz CT molecular complexity index is 1720. The summed E-state index contributed by atoms with van der Waals surface area (Å²) in [4.78, 5) is 12.5. The number of ether oxygens (including phenoxy) is 4. The number of rotatable bonds is 8. The summed E-state index contributed by atoms with van der Waals surface area (Å²) < 4.78 is 22.9. The number of nitriles is 1. The predicted molar refractivity (Wildman–Crippen MR) is 160 cm³/mol. The topological polar surface area (TPSA) is 104 Å². The van der Waals surface area contributed by atoms with Crippen LogP contribution in [-0.2, 0) is 11.4 Å². The van der Waals surface area contributed by atoms with Crippen molar-refractivity contribution in [2.75, 3.05) is 7.11 Å². The smallest absolute Gasteiger partial charge is 0.336 e. The molecule has 1 heterocycles. The second-order valence-corrected chi connectivity index (χ2v) is 10.1. The Morgan fingerprint density at radius 2 is 1.79 bits per heavy atom. The van der Waals surface area contributed by atoms with Crippen molar-refractivity contribution in [2.45, 2.75) is 19.4 Å². The average molecular weight is 579 g/mol. The third-order valence-electron chi connectivity index (χ3n) is 6.73. The van der Waals surface area contributed by atoms with E-state index in [0.717, 1.165) is 16.7 Å². The monoisotopic (exact) mass is 578 g/mol. The summed E-state index contributed by atoms with van der Waals surface area (Å²) in [5, 5.41) is 10.6. The zero-order valence-electron chi connectivity index (χ0n) is 23.0. The number of hydrogen-bond donors (Lipinski definition) is 1. The van der Waals surface area contributed by atoms with Crippen LogP contribution < -0.4 is 24.7 Å².